The van der Waals surface area contributed by atoms with E-state index in [0.29, 0.717) is 4.31 Å². The summed E-state index contributed by atoms with van der Waals surface area (Å²) < 4.78 is 35.2. The number of hydrogen-bond donors (Lipinski definition) is 2. The van der Waals surface area contributed by atoms with E-state index < -0.39 is 57.5 Å². The van der Waals surface area contributed by atoms with Crippen LogP contribution >= 0.6 is 11.3 Å². The maximum atomic E-state index is 13.0. The molecule has 1 fully saturated rings. The van der Waals surface area contributed by atoms with E-state index in [1.165, 1.54) is 40.0 Å². The molecule has 0 saturated carbocycles. The van der Waals surface area contributed by atoms with Crippen LogP contribution in [0.5, 0.6) is 0 Å². The largest absolute Gasteiger partial charge is 0.457 e. The Morgan fingerprint density at radius 2 is 1.86 bits per heavy atom. The molecule has 35 heavy (non-hydrogen) atoms. The van der Waals surface area contributed by atoms with Crippen LogP contribution in [0.1, 0.15) is 61.1 Å². The van der Waals surface area contributed by atoms with Crippen molar-refractivity contribution >= 4 is 50.3 Å². The average molecular weight is 534 g/mol. The van der Waals surface area contributed by atoms with Crippen LogP contribution < -0.4 is 11.1 Å². The van der Waals surface area contributed by atoms with Gasteiger partial charge >= 0.3 is 16.3 Å². The zero-order chi connectivity index (χ0) is 26.9. The molecule has 3 N–H and O–H groups in total. The molecule has 2 atom stereocenters. The minimum atomic E-state index is -4.31. The fourth-order valence-corrected chi connectivity index (χ4v) is 4.78. The molecule has 1 saturated heterocycles. The Kier molecular flexibility index (Phi) is 8.18. The SMILES string of the molecule is CC(C)OS(=O)(=O)N1C(=O)[C@@H](NC(=O)/C(=N\OC(C)(C)C(=O)OC(C)(C)C)c2csc(N)n2)[C@@H]1C. The minimum Gasteiger partial charge on any atom is -0.457 e. The Labute approximate surface area is 208 Å². The molecule has 15 heteroatoms. The van der Waals surface area contributed by atoms with Gasteiger partial charge in [-0.3, -0.25) is 13.8 Å². The Morgan fingerprint density at radius 1 is 1.26 bits per heavy atom. The number of nitrogens with zero attached hydrogens (tertiary/aromatic N) is 3. The highest BCUT2D eigenvalue weighted by atomic mass is 32.2. The average Bonchev–Trinajstić information content (AvgIpc) is 3.09. The van der Waals surface area contributed by atoms with E-state index in [1.54, 1.807) is 20.8 Å². The first-order chi connectivity index (χ1) is 15.9. The van der Waals surface area contributed by atoms with Crippen LogP contribution in [-0.4, -0.2) is 70.6 Å². The third-order valence-electron chi connectivity index (χ3n) is 4.41. The maximum Gasteiger partial charge on any atom is 0.365 e. The molecule has 196 valence electrons. The molecular weight excluding hydrogens is 502 g/mol. The van der Waals surface area contributed by atoms with Crippen LogP contribution in [0.2, 0.25) is 0 Å². The summed E-state index contributed by atoms with van der Waals surface area (Å²) >= 11 is 1.03. The Morgan fingerprint density at radius 3 is 2.31 bits per heavy atom. The summed E-state index contributed by atoms with van der Waals surface area (Å²) in [6.45, 7) is 12.3. The number of oxime groups is 1. The van der Waals surface area contributed by atoms with Gasteiger partial charge in [0.15, 0.2) is 10.8 Å². The molecule has 1 aliphatic heterocycles. The Bertz CT molecular complexity index is 1120. The number of carbonyl (C=O) groups excluding carboxylic acids is 3. The first-order valence-corrected chi connectivity index (χ1v) is 12.9. The van der Waals surface area contributed by atoms with Gasteiger partial charge < -0.3 is 20.6 Å². The molecule has 1 aromatic rings. The quantitative estimate of drug-likeness (QED) is 0.201. The van der Waals surface area contributed by atoms with Gasteiger partial charge in [-0.05, 0) is 55.4 Å². The molecule has 1 aromatic heterocycles. The lowest BCUT2D eigenvalue weighted by Crippen LogP contribution is -2.71. The summed E-state index contributed by atoms with van der Waals surface area (Å²) in [5.74, 6) is -2.49. The van der Waals surface area contributed by atoms with Gasteiger partial charge in [0, 0.05) is 5.38 Å². The second-order valence-corrected chi connectivity index (χ2v) is 11.9. The second kappa shape index (κ2) is 10.1. The predicted octanol–water partition coefficient (Wildman–Crippen LogP) is 0.952. The number of nitrogen functional groups attached to an aromatic ring is 1. The molecule has 13 nitrogen and oxygen atoms in total. The fourth-order valence-electron chi connectivity index (χ4n) is 2.79. The number of nitrogens with two attached hydrogens (primary N) is 1. The normalized spacial score (nSPS) is 19.4. The fraction of sp³-hybridized carbons (Fsp3) is 0.650. The van der Waals surface area contributed by atoms with Crippen LogP contribution in [0, 0.1) is 0 Å². The molecule has 2 heterocycles. The van der Waals surface area contributed by atoms with Crippen LogP contribution in [-0.2, 0) is 38.4 Å². The molecule has 0 spiro atoms. The van der Waals surface area contributed by atoms with Gasteiger partial charge in [-0.15, -0.1) is 11.3 Å². The van der Waals surface area contributed by atoms with Crippen molar-refractivity contribution in [2.75, 3.05) is 5.73 Å². The highest BCUT2D eigenvalue weighted by Crippen LogP contribution is 2.26. The summed E-state index contributed by atoms with van der Waals surface area (Å²) in [4.78, 5) is 47.4. The van der Waals surface area contributed by atoms with E-state index in [9.17, 15) is 22.8 Å². The van der Waals surface area contributed by atoms with Crippen molar-refractivity contribution in [1.29, 1.82) is 0 Å². The van der Waals surface area contributed by atoms with E-state index in [4.69, 9.17) is 19.5 Å². The van der Waals surface area contributed by atoms with Crippen LogP contribution in [0.3, 0.4) is 0 Å². The summed E-state index contributed by atoms with van der Waals surface area (Å²) in [6, 6.07) is -2.09. The highest BCUT2D eigenvalue weighted by molar-refractivity contribution is 7.85. The molecule has 0 unspecified atom stereocenters. The highest BCUT2D eigenvalue weighted by Gasteiger charge is 2.53. The number of anilines is 1. The van der Waals surface area contributed by atoms with Crippen molar-refractivity contribution in [3.8, 4) is 0 Å². The number of hydrogen-bond acceptors (Lipinski definition) is 12. The Balaban J connectivity index is 2.25. The number of amides is 2. The molecule has 0 aliphatic carbocycles. The van der Waals surface area contributed by atoms with Gasteiger partial charge in [-0.1, -0.05) is 5.16 Å². The number of β-lactam (4-membered cyclic amide) rings is 1. The van der Waals surface area contributed by atoms with Gasteiger partial charge in [0.05, 0.1) is 12.1 Å². The molecule has 1 aliphatic rings. The summed E-state index contributed by atoms with van der Waals surface area (Å²) in [5.41, 5.74) is 2.99. The van der Waals surface area contributed by atoms with E-state index in [1.807, 2.05) is 0 Å². The number of ether oxygens (including phenoxy) is 1. The summed E-state index contributed by atoms with van der Waals surface area (Å²) in [7, 11) is -4.31. The van der Waals surface area contributed by atoms with Gasteiger partial charge in [0.2, 0.25) is 5.60 Å². The second-order valence-electron chi connectivity index (χ2n) is 9.54. The zero-order valence-corrected chi connectivity index (χ0v) is 22.4. The Hall–Kier alpha value is -2.78. The third-order valence-corrected chi connectivity index (χ3v) is 6.71. The monoisotopic (exact) mass is 533 g/mol. The number of nitrogens with one attached hydrogen (secondary N) is 1. The zero-order valence-electron chi connectivity index (χ0n) is 20.8. The number of rotatable bonds is 9. The molecule has 2 amide bonds. The first kappa shape index (κ1) is 28.5. The lowest BCUT2D eigenvalue weighted by atomic mass is 10.0. The van der Waals surface area contributed by atoms with Crippen molar-refractivity contribution in [2.45, 2.75) is 84.8 Å². The van der Waals surface area contributed by atoms with Crippen LogP contribution in [0.25, 0.3) is 0 Å². The predicted molar refractivity (Wildman–Crippen MR) is 127 cm³/mol. The number of aromatic nitrogens is 1. The molecule has 0 bridgehead atoms. The first-order valence-electron chi connectivity index (χ1n) is 10.6. The summed E-state index contributed by atoms with van der Waals surface area (Å²) in [5, 5.41) is 7.84. The topological polar surface area (TPSA) is 180 Å². The maximum absolute atomic E-state index is 13.0. The van der Waals surface area contributed by atoms with Crippen molar-refractivity contribution in [2.24, 2.45) is 5.16 Å². The molecule has 2 rings (SSSR count). The lowest BCUT2D eigenvalue weighted by Gasteiger charge is -2.43. The molecule has 0 radical (unpaired) electrons. The minimum absolute atomic E-state index is 0.0389. The van der Waals surface area contributed by atoms with Gasteiger partial charge in [-0.25, -0.2) is 14.1 Å². The smallest absolute Gasteiger partial charge is 0.365 e. The van der Waals surface area contributed by atoms with E-state index in [-0.39, 0.29) is 16.5 Å². The number of esters is 1. The van der Waals surface area contributed by atoms with E-state index >= 15 is 0 Å². The van der Waals surface area contributed by atoms with Crippen molar-refractivity contribution in [3.05, 3.63) is 11.1 Å². The van der Waals surface area contributed by atoms with Crippen LogP contribution in [0.15, 0.2) is 10.5 Å². The van der Waals surface area contributed by atoms with Gasteiger partial charge in [0.25, 0.3) is 11.8 Å². The lowest BCUT2D eigenvalue weighted by molar-refractivity contribution is -0.179. The molecular formula is C20H31N5O8S2. The van der Waals surface area contributed by atoms with Gasteiger partial charge in [0.1, 0.15) is 17.3 Å². The van der Waals surface area contributed by atoms with Gasteiger partial charge in [-0.2, -0.15) is 8.42 Å². The summed E-state index contributed by atoms with van der Waals surface area (Å²) in [6.07, 6.45) is -0.673. The van der Waals surface area contributed by atoms with E-state index in [2.05, 4.69) is 15.5 Å². The standard InChI is InChI=1S/C20H31N5O8S2/c1-10(2)32-35(29,30)25-11(3)13(16(25)27)23-15(26)14(12-9-34-18(21)22-12)24-33-20(7,8)17(28)31-19(4,5)6/h9-11,13H,1-8H3,(H2,21,22)(H,23,26)/b24-14-/t11-,13-/m0/s1. The van der Waals surface area contributed by atoms with Crippen molar-refractivity contribution < 1.29 is 36.6 Å². The van der Waals surface area contributed by atoms with Crippen LogP contribution in [0.4, 0.5) is 5.13 Å². The molecule has 0 aromatic carbocycles. The number of carbonyl (C=O) groups is 3. The third kappa shape index (κ3) is 6.89. The number of thiazole rings is 1. The van der Waals surface area contributed by atoms with Crippen molar-refractivity contribution in [3.63, 3.8) is 0 Å². The van der Waals surface area contributed by atoms with E-state index in [0.717, 1.165) is 11.3 Å². The van der Waals surface area contributed by atoms with Crippen molar-refractivity contribution in [1.82, 2.24) is 14.6 Å².